The maximum Gasteiger partial charge on any atom is 0.00642 e. The first-order valence-electron chi connectivity index (χ1n) is 6.50. The van der Waals surface area contributed by atoms with Crippen LogP contribution in [0.25, 0.3) is 0 Å². The molecule has 0 heterocycles. The van der Waals surface area contributed by atoms with E-state index in [1.54, 1.807) is 0 Å². The summed E-state index contributed by atoms with van der Waals surface area (Å²) >= 11 is 0. The highest BCUT2D eigenvalue weighted by atomic mass is 14.9. The zero-order chi connectivity index (χ0) is 11.4. The summed E-state index contributed by atoms with van der Waals surface area (Å²) in [6, 6.07) is 9.82. The maximum absolute atomic E-state index is 3.40. The third-order valence-corrected chi connectivity index (χ3v) is 3.90. The largest absolute Gasteiger partial charge is 0.317 e. The number of benzene rings is 1. The van der Waals surface area contributed by atoms with Crippen LogP contribution in [-0.4, -0.2) is 13.1 Å². The summed E-state index contributed by atoms with van der Waals surface area (Å²) in [7, 11) is 2.09. The van der Waals surface area contributed by atoms with E-state index in [9.17, 15) is 0 Å². The van der Waals surface area contributed by atoms with Crippen molar-refractivity contribution in [3.8, 4) is 0 Å². The number of aryl methyl sites for hydroxylation is 1. The molecule has 16 heavy (non-hydrogen) atoms. The number of nitrogens with one attached hydrogen (secondary N) is 1. The van der Waals surface area contributed by atoms with Crippen LogP contribution < -0.4 is 5.32 Å². The summed E-state index contributed by atoms with van der Waals surface area (Å²) in [5.41, 5.74) is 2.88. The maximum atomic E-state index is 3.40. The van der Waals surface area contributed by atoms with Crippen molar-refractivity contribution in [1.82, 2.24) is 5.32 Å². The van der Waals surface area contributed by atoms with Gasteiger partial charge in [-0.25, -0.2) is 0 Å². The Kier molecular flexibility index (Phi) is 4.00. The first kappa shape index (κ1) is 11.7. The Morgan fingerprint density at radius 3 is 2.25 bits per heavy atom. The van der Waals surface area contributed by atoms with Crippen molar-refractivity contribution in [3.63, 3.8) is 0 Å². The molecule has 1 nitrogen and oxygen atoms in total. The predicted octanol–water partition coefficient (Wildman–Crippen LogP) is 3.32. The Morgan fingerprint density at radius 1 is 1.06 bits per heavy atom. The van der Waals surface area contributed by atoms with Crippen LogP contribution in [0.5, 0.6) is 0 Å². The fourth-order valence-electron chi connectivity index (χ4n) is 2.71. The first-order valence-corrected chi connectivity index (χ1v) is 6.50. The molecule has 2 rings (SSSR count). The summed E-state index contributed by atoms with van der Waals surface area (Å²) in [4.78, 5) is 0. The molecule has 1 aromatic carbocycles. The second-order valence-electron chi connectivity index (χ2n) is 5.20. The molecule has 1 aliphatic carbocycles. The van der Waals surface area contributed by atoms with E-state index in [1.807, 2.05) is 0 Å². The van der Waals surface area contributed by atoms with Gasteiger partial charge in [-0.2, -0.15) is 0 Å². The van der Waals surface area contributed by atoms with E-state index >= 15 is 0 Å². The molecule has 1 fully saturated rings. The van der Waals surface area contributed by atoms with Gasteiger partial charge in [-0.3, -0.25) is 0 Å². The van der Waals surface area contributed by atoms with Crippen LogP contribution in [0.2, 0.25) is 0 Å². The minimum atomic E-state index is 0.772. The fraction of sp³-hybridized carbons (Fsp3) is 0.600. The highest BCUT2D eigenvalue weighted by molar-refractivity contribution is 5.21. The molecule has 0 saturated heterocycles. The van der Waals surface area contributed by atoms with E-state index in [1.165, 1.54) is 43.2 Å². The Hall–Kier alpha value is -0.820. The summed E-state index contributed by atoms with van der Waals surface area (Å²) in [6.07, 6.45) is 6.76. The molecule has 0 spiro atoms. The summed E-state index contributed by atoms with van der Waals surface area (Å²) < 4.78 is 0. The topological polar surface area (TPSA) is 12.0 Å². The van der Waals surface area contributed by atoms with Gasteiger partial charge in [-0.15, -0.1) is 0 Å². The fourth-order valence-corrected chi connectivity index (χ4v) is 2.71. The molecule has 1 N–H and O–H groups in total. The van der Waals surface area contributed by atoms with E-state index in [-0.39, 0.29) is 0 Å². The molecule has 0 unspecified atom stereocenters. The standard InChI is InChI=1S/C15H23N/c1-12-3-5-13(6-4-12)11-14-7-9-15(16-2)10-8-14/h3-6,14-16H,7-11H2,1-2H3. The van der Waals surface area contributed by atoms with Gasteiger partial charge in [0.15, 0.2) is 0 Å². The van der Waals surface area contributed by atoms with Crippen molar-refractivity contribution in [2.45, 2.75) is 45.1 Å². The lowest BCUT2D eigenvalue weighted by molar-refractivity contribution is 0.300. The van der Waals surface area contributed by atoms with Crippen LogP contribution in [0.15, 0.2) is 24.3 Å². The molecular weight excluding hydrogens is 194 g/mol. The zero-order valence-corrected chi connectivity index (χ0v) is 10.5. The van der Waals surface area contributed by atoms with Gasteiger partial charge in [0.1, 0.15) is 0 Å². The van der Waals surface area contributed by atoms with Gasteiger partial charge in [0.05, 0.1) is 0 Å². The normalized spacial score (nSPS) is 25.6. The van der Waals surface area contributed by atoms with Crippen molar-refractivity contribution in [2.75, 3.05) is 7.05 Å². The summed E-state index contributed by atoms with van der Waals surface area (Å²) in [6.45, 7) is 2.15. The lowest BCUT2D eigenvalue weighted by Gasteiger charge is -2.28. The molecule has 88 valence electrons. The van der Waals surface area contributed by atoms with Gasteiger partial charge >= 0.3 is 0 Å². The lowest BCUT2D eigenvalue weighted by atomic mass is 9.82. The molecule has 0 aliphatic heterocycles. The quantitative estimate of drug-likeness (QED) is 0.819. The van der Waals surface area contributed by atoms with Crippen LogP contribution in [0.4, 0.5) is 0 Å². The van der Waals surface area contributed by atoms with Gasteiger partial charge in [-0.05, 0) is 57.6 Å². The van der Waals surface area contributed by atoms with Crippen molar-refractivity contribution < 1.29 is 0 Å². The van der Waals surface area contributed by atoms with Crippen molar-refractivity contribution in [1.29, 1.82) is 0 Å². The van der Waals surface area contributed by atoms with Gasteiger partial charge in [0.2, 0.25) is 0 Å². The van der Waals surface area contributed by atoms with E-state index in [0.717, 1.165) is 12.0 Å². The minimum absolute atomic E-state index is 0.772. The lowest BCUT2D eigenvalue weighted by Crippen LogP contribution is -2.30. The van der Waals surface area contributed by atoms with Crippen LogP contribution >= 0.6 is 0 Å². The monoisotopic (exact) mass is 217 g/mol. The third kappa shape index (κ3) is 3.08. The van der Waals surface area contributed by atoms with E-state index < -0.39 is 0 Å². The van der Waals surface area contributed by atoms with Crippen molar-refractivity contribution in [2.24, 2.45) is 5.92 Å². The Labute approximate surface area is 99.3 Å². The molecule has 0 aromatic heterocycles. The van der Waals surface area contributed by atoms with E-state index in [2.05, 4.69) is 43.6 Å². The van der Waals surface area contributed by atoms with E-state index in [0.29, 0.717) is 0 Å². The molecule has 1 aromatic rings. The average Bonchev–Trinajstić information content (AvgIpc) is 2.33. The van der Waals surface area contributed by atoms with Gasteiger partial charge in [0.25, 0.3) is 0 Å². The molecule has 0 amide bonds. The second kappa shape index (κ2) is 5.49. The summed E-state index contributed by atoms with van der Waals surface area (Å²) in [5, 5.41) is 3.40. The first-order chi connectivity index (χ1) is 7.78. The Morgan fingerprint density at radius 2 is 1.69 bits per heavy atom. The highest BCUT2D eigenvalue weighted by Crippen LogP contribution is 2.27. The molecular formula is C15H23N. The molecule has 0 atom stereocenters. The Bertz CT molecular complexity index is 307. The third-order valence-electron chi connectivity index (χ3n) is 3.90. The van der Waals surface area contributed by atoms with Crippen molar-refractivity contribution in [3.05, 3.63) is 35.4 Å². The molecule has 0 bridgehead atoms. The zero-order valence-electron chi connectivity index (χ0n) is 10.5. The predicted molar refractivity (Wildman–Crippen MR) is 69.7 cm³/mol. The molecule has 1 aliphatic rings. The van der Waals surface area contributed by atoms with Crippen molar-refractivity contribution >= 4 is 0 Å². The minimum Gasteiger partial charge on any atom is -0.317 e. The number of hydrogen-bond acceptors (Lipinski definition) is 1. The molecule has 0 radical (unpaired) electrons. The van der Waals surface area contributed by atoms with Crippen LogP contribution in [-0.2, 0) is 6.42 Å². The SMILES string of the molecule is CNC1CCC(Cc2ccc(C)cc2)CC1. The molecule has 1 saturated carbocycles. The van der Waals surface area contributed by atoms with Gasteiger partial charge in [0, 0.05) is 6.04 Å². The summed E-state index contributed by atoms with van der Waals surface area (Å²) in [5.74, 6) is 0.910. The average molecular weight is 217 g/mol. The van der Waals surface area contributed by atoms with Gasteiger partial charge < -0.3 is 5.32 Å². The van der Waals surface area contributed by atoms with E-state index in [4.69, 9.17) is 0 Å². The van der Waals surface area contributed by atoms with Crippen LogP contribution in [0.3, 0.4) is 0 Å². The highest BCUT2D eigenvalue weighted by Gasteiger charge is 2.19. The van der Waals surface area contributed by atoms with Crippen LogP contribution in [0, 0.1) is 12.8 Å². The van der Waals surface area contributed by atoms with Gasteiger partial charge in [-0.1, -0.05) is 29.8 Å². The Balaban J connectivity index is 1.84. The number of hydrogen-bond donors (Lipinski definition) is 1. The second-order valence-corrected chi connectivity index (χ2v) is 5.20. The van der Waals surface area contributed by atoms with Crippen LogP contribution in [0.1, 0.15) is 36.8 Å². The number of rotatable bonds is 3. The smallest absolute Gasteiger partial charge is 0.00642 e. The molecule has 1 heteroatoms.